The molecule has 3 atom stereocenters. The highest BCUT2D eigenvalue weighted by molar-refractivity contribution is 5.94. The molecule has 2 bridgehead atoms. The molecule has 26 heavy (non-hydrogen) atoms. The third-order valence-electron chi connectivity index (χ3n) is 5.67. The van der Waals surface area contributed by atoms with Crippen LogP contribution in [0.1, 0.15) is 54.6 Å². The molecule has 6 heteroatoms. The molecule has 0 spiro atoms. The molecule has 1 saturated heterocycles. The van der Waals surface area contributed by atoms with E-state index in [0.29, 0.717) is 29.2 Å². The van der Waals surface area contributed by atoms with Crippen LogP contribution in [0.15, 0.2) is 12.1 Å². The van der Waals surface area contributed by atoms with Gasteiger partial charge in [0, 0.05) is 18.2 Å². The number of aryl methyl sites for hydroxylation is 2. The molecule has 1 heterocycles. The molecular formula is C20H27FN2O3. The first-order valence-electron chi connectivity index (χ1n) is 9.19. The lowest BCUT2D eigenvalue weighted by Gasteiger charge is -2.38. The van der Waals surface area contributed by atoms with E-state index in [4.69, 9.17) is 0 Å². The fourth-order valence-corrected chi connectivity index (χ4v) is 4.37. The van der Waals surface area contributed by atoms with Gasteiger partial charge in [0.15, 0.2) is 0 Å². The molecule has 0 radical (unpaired) electrons. The number of nitrogens with one attached hydrogen (secondary N) is 1. The molecule has 1 saturated carbocycles. The van der Waals surface area contributed by atoms with Crippen molar-refractivity contribution < 1.29 is 19.1 Å². The summed E-state index contributed by atoms with van der Waals surface area (Å²) in [4.78, 5) is 26.9. The number of rotatable bonds is 4. The van der Waals surface area contributed by atoms with Gasteiger partial charge in [-0.15, -0.1) is 0 Å². The minimum atomic E-state index is -1.42. The number of halogens is 1. The maximum absolute atomic E-state index is 13.8. The molecular weight excluding hydrogens is 335 g/mol. The van der Waals surface area contributed by atoms with Crippen molar-refractivity contribution in [3.63, 3.8) is 0 Å². The van der Waals surface area contributed by atoms with Gasteiger partial charge in [-0.1, -0.05) is 0 Å². The Morgan fingerprint density at radius 2 is 1.88 bits per heavy atom. The number of nitrogens with zero attached hydrogens (tertiary/aromatic N) is 1. The average Bonchev–Trinajstić information content (AvgIpc) is 3.16. The standard InChI is InChI=1S/C20H27FN2O3/c1-11-7-14(8-12(2)17(11)21)18(24)22-10-16-13-5-6-15(9-13)23(16)19(25)20(3,4)26/h7-8,13,15-16,26H,5-6,9-10H2,1-4H3,(H,22,24)/t13-,15+,16+/m0/s1. The van der Waals surface area contributed by atoms with Crippen molar-refractivity contribution in [1.29, 1.82) is 0 Å². The van der Waals surface area contributed by atoms with Gasteiger partial charge in [-0.25, -0.2) is 4.39 Å². The van der Waals surface area contributed by atoms with Crippen LogP contribution in [-0.4, -0.2) is 46.1 Å². The van der Waals surface area contributed by atoms with Crippen molar-refractivity contribution in [2.75, 3.05) is 6.54 Å². The second-order valence-electron chi connectivity index (χ2n) is 8.20. The summed E-state index contributed by atoms with van der Waals surface area (Å²) >= 11 is 0. The van der Waals surface area contributed by atoms with E-state index in [1.807, 2.05) is 0 Å². The lowest BCUT2D eigenvalue weighted by Crippen LogP contribution is -2.55. The lowest BCUT2D eigenvalue weighted by atomic mass is 9.96. The van der Waals surface area contributed by atoms with Crippen molar-refractivity contribution in [2.45, 2.75) is 64.6 Å². The quantitative estimate of drug-likeness (QED) is 0.864. The van der Waals surface area contributed by atoms with Crippen molar-refractivity contribution in [3.05, 3.63) is 34.6 Å². The maximum Gasteiger partial charge on any atom is 0.254 e. The molecule has 0 aromatic heterocycles. The third-order valence-corrected chi connectivity index (χ3v) is 5.67. The van der Waals surface area contributed by atoms with E-state index in [1.54, 1.807) is 18.7 Å². The predicted octanol–water partition coefficient (Wildman–Crippen LogP) is 2.32. The molecule has 3 rings (SSSR count). The summed E-state index contributed by atoms with van der Waals surface area (Å²) in [5.74, 6) is -0.494. The molecule has 5 nitrogen and oxygen atoms in total. The number of fused-ring (bicyclic) bond motifs is 2. The Morgan fingerprint density at radius 3 is 2.46 bits per heavy atom. The van der Waals surface area contributed by atoms with Crippen LogP contribution in [0.3, 0.4) is 0 Å². The first-order valence-corrected chi connectivity index (χ1v) is 9.19. The molecule has 0 unspecified atom stereocenters. The first-order chi connectivity index (χ1) is 12.1. The summed E-state index contributed by atoms with van der Waals surface area (Å²) in [5.41, 5.74) is -0.120. The molecule has 1 aliphatic heterocycles. The zero-order valence-corrected chi connectivity index (χ0v) is 15.8. The van der Waals surface area contributed by atoms with E-state index in [1.165, 1.54) is 26.0 Å². The first kappa shape index (κ1) is 18.8. The van der Waals surface area contributed by atoms with Crippen molar-refractivity contribution in [1.82, 2.24) is 10.2 Å². The second kappa shape index (κ2) is 6.65. The zero-order valence-electron chi connectivity index (χ0n) is 15.8. The average molecular weight is 362 g/mol. The summed E-state index contributed by atoms with van der Waals surface area (Å²) in [5, 5.41) is 13.0. The number of benzene rings is 1. The summed E-state index contributed by atoms with van der Waals surface area (Å²) < 4.78 is 13.8. The maximum atomic E-state index is 13.8. The van der Waals surface area contributed by atoms with Crippen LogP contribution in [0.25, 0.3) is 0 Å². The molecule has 2 N–H and O–H groups in total. The van der Waals surface area contributed by atoms with Crippen LogP contribution >= 0.6 is 0 Å². The van der Waals surface area contributed by atoms with Crippen molar-refractivity contribution in [2.24, 2.45) is 5.92 Å². The van der Waals surface area contributed by atoms with E-state index < -0.39 is 5.60 Å². The van der Waals surface area contributed by atoms with Crippen LogP contribution < -0.4 is 5.32 Å². The Labute approximate surface area is 153 Å². The third kappa shape index (κ3) is 3.34. The number of piperidine rings is 1. The Balaban J connectivity index is 1.72. The van der Waals surface area contributed by atoms with Gasteiger partial charge >= 0.3 is 0 Å². The van der Waals surface area contributed by atoms with Gasteiger partial charge in [-0.05, 0) is 76.1 Å². The smallest absolute Gasteiger partial charge is 0.254 e. The number of likely N-dealkylation sites (tertiary alicyclic amines) is 1. The van der Waals surface area contributed by atoms with Gasteiger partial charge in [0.1, 0.15) is 11.4 Å². The van der Waals surface area contributed by atoms with Crippen LogP contribution in [0.5, 0.6) is 0 Å². The summed E-state index contributed by atoms with van der Waals surface area (Å²) in [6.07, 6.45) is 2.92. The van der Waals surface area contributed by atoms with E-state index in [9.17, 15) is 19.1 Å². The van der Waals surface area contributed by atoms with Gasteiger partial charge in [-0.2, -0.15) is 0 Å². The number of hydrogen-bond donors (Lipinski definition) is 2. The van der Waals surface area contributed by atoms with Crippen molar-refractivity contribution >= 4 is 11.8 Å². The Bertz CT molecular complexity index is 718. The number of hydrogen-bond acceptors (Lipinski definition) is 3. The molecule has 1 aromatic rings. The Kier molecular flexibility index (Phi) is 4.82. The molecule has 2 aliphatic rings. The van der Waals surface area contributed by atoms with Crippen LogP contribution in [-0.2, 0) is 4.79 Å². The lowest BCUT2D eigenvalue weighted by molar-refractivity contribution is -0.152. The summed E-state index contributed by atoms with van der Waals surface area (Å²) in [6, 6.07) is 3.13. The van der Waals surface area contributed by atoms with Crippen LogP contribution in [0, 0.1) is 25.6 Å². The van der Waals surface area contributed by atoms with Crippen LogP contribution in [0.4, 0.5) is 4.39 Å². The second-order valence-corrected chi connectivity index (χ2v) is 8.20. The zero-order chi connectivity index (χ0) is 19.2. The predicted molar refractivity (Wildman–Crippen MR) is 96.3 cm³/mol. The highest BCUT2D eigenvalue weighted by Crippen LogP contribution is 2.43. The van der Waals surface area contributed by atoms with Gasteiger partial charge in [0.2, 0.25) is 0 Å². The monoisotopic (exact) mass is 362 g/mol. The minimum Gasteiger partial charge on any atom is -0.381 e. The number of aliphatic hydroxyl groups is 1. The fourth-order valence-electron chi connectivity index (χ4n) is 4.37. The van der Waals surface area contributed by atoms with Gasteiger partial charge in [-0.3, -0.25) is 9.59 Å². The Morgan fingerprint density at radius 1 is 1.27 bits per heavy atom. The summed E-state index contributed by atoms with van der Waals surface area (Å²) in [7, 11) is 0. The Hall–Kier alpha value is -1.95. The topological polar surface area (TPSA) is 69.6 Å². The van der Waals surface area contributed by atoms with Crippen LogP contribution in [0.2, 0.25) is 0 Å². The van der Waals surface area contributed by atoms with E-state index in [2.05, 4.69) is 5.32 Å². The van der Waals surface area contributed by atoms with Crippen molar-refractivity contribution in [3.8, 4) is 0 Å². The largest absolute Gasteiger partial charge is 0.381 e. The summed E-state index contributed by atoms with van der Waals surface area (Å²) in [6.45, 7) is 6.62. The highest BCUT2D eigenvalue weighted by Gasteiger charge is 2.50. The fraction of sp³-hybridized carbons (Fsp3) is 0.600. The SMILES string of the molecule is Cc1cc(C(=O)NC[C@@H]2[C@H]3CC[C@H](C3)N2C(=O)C(C)(C)O)cc(C)c1F. The molecule has 2 fully saturated rings. The number of carbonyl (C=O) groups excluding carboxylic acids is 2. The molecule has 142 valence electrons. The van der Waals surface area contributed by atoms with Gasteiger partial charge in [0.25, 0.3) is 11.8 Å². The normalized spacial score (nSPS) is 24.8. The highest BCUT2D eigenvalue weighted by atomic mass is 19.1. The van der Waals surface area contributed by atoms with E-state index >= 15 is 0 Å². The number of carbonyl (C=O) groups is 2. The van der Waals surface area contributed by atoms with Gasteiger partial charge in [0.05, 0.1) is 6.04 Å². The van der Waals surface area contributed by atoms with E-state index in [-0.39, 0.29) is 29.7 Å². The van der Waals surface area contributed by atoms with Gasteiger partial charge < -0.3 is 15.3 Å². The van der Waals surface area contributed by atoms with E-state index in [0.717, 1.165) is 19.3 Å². The molecule has 2 amide bonds. The number of amides is 2. The minimum absolute atomic E-state index is 0.0979. The molecule has 1 aromatic carbocycles. The molecule has 1 aliphatic carbocycles.